The van der Waals surface area contributed by atoms with Gasteiger partial charge in [0.05, 0.1) is 31.0 Å². The number of nitrogens with zero attached hydrogens (tertiary/aromatic N) is 6. The van der Waals surface area contributed by atoms with Gasteiger partial charge in [0.2, 0.25) is 5.95 Å². The number of hydrogen-bond acceptors (Lipinski definition) is 7. The largest absolute Gasteiger partial charge is 0.377 e. The second-order valence-corrected chi connectivity index (χ2v) is 7.17. The van der Waals surface area contributed by atoms with Crippen LogP contribution < -0.4 is 10.2 Å². The molecule has 0 radical (unpaired) electrons. The minimum Gasteiger partial charge on any atom is -0.377 e. The summed E-state index contributed by atoms with van der Waals surface area (Å²) >= 11 is 0. The molecule has 142 valence electrons. The van der Waals surface area contributed by atoms with E-state index in [0.29, 0.717) is 25.2 Å². The van der Waals surface area contributed by atoms with Crippen molar-refractivity contribution in [1.29, 1.82) is 0 Å². The highest BCUT2D eigenvalue weighted by molar-refractivity contribution is 5.79. The molecule has 0 amide bonds. The van der Waals surface area contributed by atoms with Gasteiger partial charge in [-0.05, 0) is 33.8 Å². The Balaban J connectivity index is 1.62. The van der Waals surface area contributed by atoms with Gasteiger partial charge >= 0.3 is 0 Å². The van der Waals surface area contributed by atoms with E-state index in [1.54, 1.807) is 12.4 Å². The van der Waals surface area contributed by atoms with Gasteiger partial charge in [-0.3, -0.25) is 0 Å². The lowest BCUT2D eigenvalue weighted by Crippen LogP contribution is -2.44. The number of aryl methyl sites for hydroxylation is 1. The highest BCUT2D eigenvalue weighted by Crippen LogP contribution is 2.24. The van der Waals surface area contributed by atoms with Crippen LogP contribution >= 0.6 is 0 Å². The Bertz CT molecular complexity index is 952. The molecular weight excluding hydrogens is 342 g/mol. The second kappa shape index (κ2) is 7.11. The lowest BCUT2D eigenvalue weighted by molar-refractivity contribution is 0.0981. The molecule has 0 aliphatic carbocycles. The van der Waals surface area contributed by atoms with E-state index in [1.807, 2.05) is 19.1 Å². The third-order valence-electron chi connectivity index (χ3n) is 4.79. The molecule has 1 aliphatic rings. The number of morpholine rings is 1. The first kappa shape index (κ1) is 17.7. The summed E-state index contributed by atoms with van der Waals surface area (Å²) in [5, 5.41) is 3.30. The molecule has 0 aromatic carbocycles. The summed E-state index contributed by atoms with van der Waals surface area (Å²) in [5.41, 5.74) is 1.97. The highest BCUT2D eigenvalue weighted by atomic mass is 16.5. The molecule has 0 spiro atoms. The maximum Gasteiger partial charge on any atom is 0.227 e. The molecule has 1 saturated heterocycles. The molecule has 1 fully saturated rings. The van der Waals surface area contributed by atoms with E-state index in [1.165, 1.54) is 0 Å². The molecule has 0 bridgehead atoms. The molecule has 4 rings (SSSR count). The zero-order chi connectivity index (χ0) is 19.0. The van der Waals surface area contributed by atoms with Gasteiger partial charge in [0.25, 0.3) is 0 Å². The van der Waals surface area contributed by atoms with Crippen LogP contribution in [0.5, 0.6) is 0 Å². The summed E-state index contributed by atoms with van der Waals surface area (Å²) in [6, 6.07) is 4.46. The van der Waals surface area contributed by atoms with Gasteiger partial charge in [0, 0.05) is 24.8 Å². The average molecular weight is 367 g/mol. The zero-order valence-electron chi connectivity index (χ0n) is 16.2. The normalized spacial score (nSPS) is 17.7. The number of nitrogens with one attached hydrogen (secondary N) is 1. The summed E-state index contributed by atoms with van der Waals surface area (Å²) in [5.74, 6) is 3.16. The predicted octanol–water partition coefficient (Wildman–Crippen LogP) is 3.08. The van der Waals surface area contributed by atoms with Crippen molar-refractivity contribution in [2.24, 2.45) is 0 Å². The molecule has 3 aromatic rings. The van der Waals surface area contributed by atoms with Crippen molar-refractivity contribution in [3.05, 3.63) is 30.4 Å². The summed E-state index contributed by atoms with van der Waals surface area (Å²) in [6.45, 7) is 10.6. The lowest BCUT2D eigenvalue weighted by atomic mass is 10.3. The molecule has 4 heterocycles. The molecule has 8 heteroatoms. The van der Waals surface area contributed by atoms with Crippen molar-refractivity contribution in [3.8, 4) is 0 Å². The van der Waals surface area contributed by atoms with Crippen LogP contribution in [0.15, 0.2) is 24.5 Å². The van der Waals surface area contributed by atoms with Crippen LogP contribution in [0.3, 0.4) is 0 Å². The quantitative estimate of drug-likeness (QED) is 0.759. The molecular formula is C19H25N7O. The van der Waals surface area contributed by atoms with Gasteiger partial charge in [0.1, 0.15) is 23.0 Å². The minimum atomic E-state index is 0.256. The number of anilines is 3. The van der Waals surface area contributed by atoms with E-state index in [4.69, 9.17) is 4.74 Å². The summed E-state index contributed by atoms with van der Waals surface area (Å²) < 4.78 is 7.71. The van der Waals surface area contributed by atoms with Crippen molar-refractivity contribution in [2.45, 2.75) is 39.8 Å². The lowest BCUT2D eigenvalue weighted by Gasteiger charge is -2.33. The van der Waals surface area contributed by atoms with Gasteiger partial charge in [-0.1, -0.05) is 0 Å². The Morgan fingerprint density at radius 2 is 2.07 bits per heavy atom. The van der Waals surface area contributed by atoms with Crippen molar-refractivity contribution in [2.75, 3.05) is 30.0 Å². The van der Waals surface area contributed by atoms with E-state index >= 15 is 0 Å². The maximum absolute atomic E-state index is 5.50. The summed E-state index contributed by atoms with van der Waals surface area (Å²) in [4.78, 5) is 20.4. The van der Waals surface area contributed by atoms with E-state index in [2.05, 4.69) is 55.5 Å². The number of aromatic nitrogens is 5. The Kier molecular flexibility index (Phi) is 4.65. The predicted molar refractivity (Wildman–Crippen MR) is 106 cm³/mol. The maximum atomic E-state index is 5.50. The van der Waals surface area contributed by atoms with Crippen molar-refractivity contribution in [1.82, 2.24) is 24.5 Å². The second-order valence-electron chi connectivity index (χ2n) is 7.17. The van der Waals surface area contributed by atoms with Crippen LogP contribution in [0.4, 0.5) is 17.6 Å². The van der Waals surface area contributed by atoms with E-state index in [-0.39, 0.29) is 6.04 Å². The van der Waals surface area contributed by atoms with E-state index < -0.39 is 0 Å². The fraction of sp³-hybridized carbons (Fsp3) is 0.474. The van der Waals surface area contributed by atoms with Crippen LogP contribution in [0.2, 0.25) is 0 Å². The number of hydrogen-bond donors (Lipinski definition) is 1. The Morgan fingerprint density at radius 1 is 1.22 bits per heavy atom. The third-order valence-corrected chi connectivity index (χ3v) is 4.79. The fourth-order valence-corrected chi connectivity index (χ4v) is 3.55. The van der Waals surface area contributed by atoms with E-state index in [0.717, 1.165) is 35.0 Å². The SMILES string of the molecule is Cc1nc2cnc(Nc3ccnc(N4CCOCC4C)n3)cc2n1C(C)C. The molecule has 1 aliphatic heterocycles. The average Bonchev–Trinajstić information content (AvgIpc) is 2.97. The van der Waals surface area contributed by atoms with Crippen LogP contribution in [0, 0.1) is 6.92 Å². The van der Waals surface area contributed by atoms with Gasteiger partial charge in [-0.15, -0.1) is 0 Å². The van der Waals surface area contributed by atoms with Crippen molar-refractivity contribution < 1.29 is 4.74 Å². The van der Waals surface area contributed by atoms with Gasteiger partial charge in [0.15, 0.2) is 0 Å². The van der Waals surface area contributed by atoms with Crippen molar-refractivity contribution >= 4 is 28.6 Å². The Morgan fingerprint density at radius 3 is 2.85 bits per heavy atom. The molecule has 8 nitrogen and oxygen atoms in total. The zero-order valence-corrected chi connectivity index (χ0v) is 16.2. The molecule has 1 unspecified atom stereocenters. The molecule has 3 aromatic heterocycles. The van der Waals surface area contributed by atoms with Crippen LogP contribution in [0.25, 0.3) is 11.0 Å². The van der Waals surface area contributed by atoms with Crippen LogP contribution in [-0.2, 0) is 4.74 Å². The third kappa shape index (κ3) is 3.44. The van der Waals surface area contributed by atoms with Crippen LogP contribution in [0.1, 0.15) is 32.6 Å². The molecule has 1 N–H and O–H groups in total. The topological polar surface area (TPSA) is 81.0 Å². The van der Waals surface area contributed by atoms with Crippen molar-refractivity contribution in [3.63, 3.8) is 0 Å². The summed E-state index contributed by atoms with van der Waals surface area (Å²) in [6.07, 6.45) is 3.57. The number of rotatable bonds is 4. The van der Waals surface area contributed by atoms with Gasteiger partial charge in [-0.2, -0.15) is 4.98 Å². The number of pyridine rings is 1. The fourth-order valence-electron chi connectivity index (χ4n) is 3.55. The summed E-state index contributed by atoms with van der Waals surface area (Å²) in [7, 11) is 0. The molecule has 0 saturated carbocycles. The highest BCUT2D eigenvalue weighted by Gasteiger charge is 2.21. The Hall–Kier alpha value is -2.74. The van der Waals surface area contributed by atoms with Gasteiger partial charge in [-0.25, -0.2) is 15.0 Å². The molecule has 1 atom stereocenters. The molecule has 27 heavy (non-hydrogen) atoms. The van der Waals surface area contributed by atoms with Crippen LogP contribution in [-0.4, -0.2) is 50.3 Å². The first-order chi connectivity index (χ1) is 13.0. The number of imidazole rings is 1. The standard InChI is InChI=1S/C19H25N7O/c1-12(2)26-14(4)22-15-10-21-18(9-16(15)26)23-17-5-6-20-19(24-17)25-7-8-27-11-13(25)3/h5-6,9-10,12-13H,7-8,11H2,1-4H3,(H,20,21,23,24). The Labute approximate surface area is 158 Å². The first-order valence-electron chi connectivity index (χ1n) is 9.32. The number of fused-ring (bicyclic) bond motifs is 1. The first-order valence-corrected chi connectivity index (χ1v) is 9.32. The van der Waals surface area contributed by atoms with Gasteiger partial charge < -0.3 is 19.5 Å². The smallest absolute Gasteiger partial charge is 0.227 e. The minimum absolute atomic E-state index is 0.256. The monoisotopic (exact) mass is 367 g/mol. The van der Waals surface area contributed by atoms with E-state index in [9.17, 15) is 0 Å². The number of ether oxygens (including phenoxy) is 1.